The molecule has 1 unspecified atom stereocenters. The summed E-state index contributed by atoms with van der Waals surface area (Å²) in [5, 5.41) is 3.40. The number of hydrogen-bond acceptors (Lipinski definition) is 3. The van der Waals surface area contributed by atoms with E-state index in [1.165, 1.54) is 22.3 Å². The predicted octanol–water partition coefficient (Wildman–Crippen LogP) is 3.63. The van der Waals surface area contributed by atoms with Crippen molar-refractivity contribution in [3.05, 3.63) is 58.7 Å². The molecule has 0 bridgehead atoms. The van der Waals surface area contributed by atoms with E-state index in [0.29, 0.717) is 0 Å². The van der Waals surface area contributed by atoms with Gasteiger partial charge in [-0.25, -0.2) is 0 Å². The molecule has 0 aliphatic rings. The lowest BCUT2D eigenvalue weighted by Crippen LogP contribution is -2.19. The molecule has 0 aliphatic carbocycles. The summed E-state index contributed by atoms with van der Waals surface area (Å²) in [6, 6.07) is 12.8. The third-order valence-corrected chi connectivity index (χ3v) is 3.75. The predicted molar refractivity (Wildman–Crippen MR) is 86.4 cm³/mol. The fraction of sp³-hybridized carbons (Fsp3) is 0.333. The third-order valence-electron chi connectivity index (χ3n) is 3.75. The van der Waals surface area contributed by atoms with Gasteiger partial charge in [0.1, 0.15) is 0 Å². The number of hydrogen-bond donors (Lipinski definition) is 1. The third kappa shape index (κ3) is 3.19. The fourth-order valence-electron chi connectivity index (χ4n) is 2.66. The van der Waals surface area contributed by atoms with Gasteiger partial charge in [-0.2, -0.15) is 0 Å². The quantitative estimate of drug-likeness (QED) is 0.910. The van der Waals surface area contributed by atoms with E-state index in [2.05, 4.69) is 49.5 Å². The van der Waals surface area contributed by atoms with Crippen LogP contribution < -0.4 is 14.8 Å². The second-order valence-corrected chi connectivity index (χ2v) is 5.20. The molecule has 1 atom stereocenters. The van der Waals surface area contributed by atoms with Crippen LogP contribution in [0.5, 0.6) is 11.5 Å². The maximum atomic E-state index is 5.43. The number of rotatable bonds is 5. The molecular formula is C18H23NO2. The smallest absolute Gasteiger partial charge is 0.161 e. The lowest BCUT2D eigenvalue weighted by molar-refractivity contribution is 0.354. The van der Waals surface area contributed by atoms with Gasteiger partial charge in [0.2, 0.25) is 0 Å². The molecule has 0 spiro atoms. The van der Waals surface area contributed by atoms with E-state index in [1.54, 1.807) is 14.2 Å². The average molecular weight is 285 g/mol. The Labute approximate surface area is 126 Å². The Bertz CT molecular complexity index is 623. The molecule has 2 rings (SSSR count). The van der Waals surface area contributed by atoms with E-state index in [4.69, 9.17) is 9.47 Å². The fourth-order valence-corrected chi connectivity index (χ4v) is 2.66. The molecule has 2 aromatic rings. The van der Waals surface area contributed by atoms with Gasteiger partial charge in [-0.05, 0) is 49.7 Å². The van der Waals surface area contributed by atoms with E-state index in [0.717, 1.165) is 11.5 Å². The molecule has 0 aromatic heterocycles. The molecule has 2 aromatic carbocycles. The number of nitrogens with one attached hydrogen (secondary N) is 1. The van der Waals surface area contributed by atoms with Gasteiger partial charge in [0.25, 0.3) is 0 Å². The Balaban J connectivity index is 2.52. The van der Waals surface area contributed by atoms with Crippen LogP contribution in [0.3, 0.4) is 0 Å². The van der Waals surface area contributed by atoms with Crippen molar-refractivity contribution in [2.75, 3.05) is 21.3 Å². The molecule has 0 saturated heterocycles. The van der Waals surface area contributed by atoms with Crippen molar-refractivity contribution in [2.45, 2.75) is 19.9 Å². The van der Waals surface area contributed by atoms with Crippen LogP contribution in [0.4, 0.5) is 0 Å². The van der Waals surface area contributed by atoms with Crippen LogP contribution in [0.25, 0.3) is 0 Å². The number of aryl methyl sites for hydroxylation is 2. The van der Waals surface area contributed by atoms with Gasteiger partial charge < -0.3 is 14.8 Å². The minimum absolute atomic E-state index is 0.129. The Morgan fingerprint density at radius 3 is 2.19 bits per heavy atom. The highest BCUT2D eigenvalue weighted by Crippen LogP contribution is 2.35. The monoisotopic (exact) mass is 285 g/mol. The number of benzene rings is 2. The maximum Gasteiger partial charge on any atom is 0.161 e. The SMILES string of the molecule is CNC(c1cccc(C)c1)c1cc(OC)c(OC)cc1C. The van der Waals surface area contributed by atoms with Crippen LogP contribution in [0.2, 0.25) is 0 Å². The molecule has 0 aliphatic heterocycles. The molecular weight excluding hydrogens is 262 g/mol. The van der Waals surface area contributed by atoms with Crippen molar-refractivity contribution in [2.24, 2.45) is 0 Å². The summed E-state index contributed by atoms with van der Waals surface area (Å²) in [5.41, 5.74) is 4.87. The number of ether oxygens (including phenoxy) is 2. The molecule has 0 saturated carbocycles. The van der Waals surface area contributed by atoms with Crippen LogP contribution in [0.1, 0.15) is 28.3 Å². The summed E-state index contributed by atoms with van der Waals surface area (Å²) in [6.07, 6.45) is 0. The average Bonchev–Trinajstić information content (AvgIpc) is 2.49. The highest BCUT2D eigenvalue weighted by Gasteiger charge is 2.17. The second-order valence-electron chi connectivity index (χ2n) is 5.20. The summed E-state index contributed by atoms with van der Waals surface area (Å²) in [4.78, 5) is 0. The van der Waals surface area contributed by atoms with Crippen molar-refractivity contribution < 1.29 is 9.47 Å². The van der Waals surface area contributed by atoms with Gasteiger partial charge in [-0.15, -0.1) is 0 Å². The topological polar surface area (TPSA) is 30.5 Å². The molecule has 3 heteroatoms. The van der Waals surface area contributed by atoms with E-state index in [1.807, 2.05) is 13.1 Å². The van der Waals surface area contributed by atoms with Crippen LogP contribution >= 0.6 is 0 Å². The standard InChI is InChI=1S/C18H23NO2/c1-12-7-6-8-14(9-12)18(19-3)15-11-17(21-5)16(20-4)10-13(15)2/h6-11,18-19H,1-5H3. The Hall–Kier alpha value is -2.00. The largest absolute Gasteiger partial charge is 0.493 e. The van der Waals surface area contributed by atoms with Gasteiger partial charge in [0, 0.05) is 0 Å². The van der Waals surface area contributed by atoms with Crippen molar-refractivity contribution in [3.8, 4) is 11.5 Å². The first-order chi connectivity index (χ1) is 10.1. The van der Waals surface area contributed by atoms with Crippen molar-refractivity contribution in [1.82, 2.24) is 5.32 Å². The van der Waals surface area contributed by atoms with Gasteiger partial charge >= 0.3 is 0 Å². The first-order valence-corrected chi connectivity index (χ1v) is 7.07. The zero-order valence-electron chi connectivity index (χ0n) is 13.4. The highest BCUT2D eigenvalue weighted by molar-refractivity contribution is 5.50. The van der Waals surface area contributed by atoms with Gasteiger partial charge in [-0.1, -0.05) is 29.8 Å². The normalized spacial score (nSPS) is 12.0. The minimum Gasteiger partial charge on any atom is -0.493 e. The van der Waals surface area contributed by atoms with Crippen LogP contribution in [-0.2, 0) is 0 Å². The summed E-state index contributed by atoms with van der Waals surface area (Å²) in [7, 11) is 5.30. The van der Waals surface area contributed by atoms with Gasteiger partial charge in [0.05, 0.1) is 20.3 Å². The molecule has 1 N–H and O–H groups in total. The summed E-state index contributed by atoms with van der Waals surface area (Å²) in [5.74, 6) is 1.52. The maximum absolute atomic E-state index is 5.43. The highest BCUT2D eigenvalue weighted by atomic mass is 16.5. The summed E-state index contributed by atoms with van der Waals surface area (Å²) < 4.78 is 10.8. The van der Waals surface area contributed by atoms with Crippen molar-refractivity contribution in [1.29, 1.82) is 0 Å². The van der Waals surface area contributed by atoms with Gasteiger partial charge in [0.15, 0.2) is 11.5 Å². The first-order valence-electron chi connectivity index (χ1n) is 7.07. The lowest BCUT2D eigenvalue weighted by Gasteiger charge is -2.21. The van der Waals surface area contributed by atoms with Crippen molar-refractivity contribution >= 4 is 0 Å². The molecule has 21 heavy (non-hydrogen) atoms. The second kappa shape index (κ2) is 6.64. The Morgan fingerprint density at radius 2 is 1.62 bits per heavy atom. The van der Waals surface area contributed by atoms with E-state index in [-0.39, 0.29) is 6.04 Å². The lowest BCUT2D eigenvalue weighted by atomic mass is 9.93. The van der Waals surface area contributed by atoms with Crippen LogP contribution in [-0.4, -0.2) is 21.3 Å². The minimum atomic E-state index is 0.129. The molecule has 112 valence electrons. The van der Waals surface area contributed by atoms with E-state index >= 15 is 0 Å². The summed E-state index contributed by atoms with van der Waals surface area (Å²) >= 11 is 0. The molecule has 0 amide bonds. The van der Waals surface area contributed by atoms with Crippen molar-refractivity contribution in [3.63, 3.8) is 0 Å². The number of methoxy groups -OCH3 is 2. The van der Waals surface area contributed by atoms with Crippen LogP contribution in [0.15, 0.2) is 36.4 Å². The Kier molecular flexibility index (Phi) is 4.86. The Morgan fingerprint density at radius 1 is 0.952 bits per heavy atom. The molecule has 0 heterocycles. The van der Waals surface area contributed by atoms with Gasteiger partial charge in [-0.3, -0.25) is 0 Å². The summed E-state index contributed by atoms with van der Waals surface area (Å²) in [6.45, 7) is 4.20. The first kappa shape index (κ1) is 15.4. The van der Waals surface area contributed by atoms with E-state index in [9.17, 15) is 0 Å². The van der Waals surface area contributed by atoms with E-state index < -0.39 is 0 Å². The molecule has 3 nitrogen and oxygen atoms in total. The molecule has 0 fully saturated rings. The molecule has 0 radical (unpaired) electrons. The zero-order valence-corrected chi connectivity index (χ0v) is 13.4. The van der Waals surface area contributed by atoms with Crippen LogP contribution in [0, 0.1) is 13.8 Å². The zero-order chi connectivity index (χ0) is 15.4.